The summed E-state index contributed by atoms with van der Waals surface area (Å²) in [4.78, 5) is 29.5. The minimum absolute atomic E-state index is 0.0834. The second-order valence-corrected chi connectivity index (χ2v) is 7.36. The third kappa shape index (κ3) is 4.04. The molecule has 148 valence electrons. The molecular weight excluding hydrogens is 344 g/mol. The van der Waals surface area contributed by atoms with Gasteiger partial charge in [-0.05, 0) is 37.5 Å². The second kappa shape index (κ2) is 8.63. The van der Waals surface area contributed by atoms with Gasteiger partial charge in [0.2, 0.25) is 11.8 Å². The van der Waals surface area contributed by atoms with Crippen molar-refractivity contribution >= 4 is 11.8 Å². The fourth-order valence-electron chi connectivity index (χ4n) is 4.27. The predicted octanol–water partition coefficient (Wildman–Crippen LogP) is 2.67. The summed E-state index contributed by atoms with van der Waals surface area (Å²) in [6.07, 6.45) is 3.75. The molecule has 2 fully saturated rings. The lowest BCUT2D eigenvalue weighted by Gasteiger charge is -2.31. The number of methoxy groups -OCH3 is 2. The maximum atomic E-state index is 13.3. The minimum Gasteiger partial charge on any atom is -0.497 e. The molecule has 0 unspecified atom stereocenters. The fourth-order valence-corrected chi connectivity index (χ4v) is 4.27. The normalized spacial score (nSPS) is 22.6. The molecule has 1 aromatic rings. The van der Waals surface area contributed by atoms with Gasteiger partial charge in [0.1, 0.15) is 11.5 Å². The number of carbonyl (C=O) groups excluding carboxylic acids is 2. The van der Waals surface area contributed by atoms with E-state index in [1.165, 1.54) is 6.42 Å². The summed E-state index contributed by atoms with van der Waals surface area (Å²) < 4.78 is 11.0. The van der Waals surface area contributed by atoms with Crippen molar-refractivity contribution in [3.8, 4) is 11.5 Å². The number of likely N-dealkylation sites (tertiary alicyclic amines) is 2. The van der Waals surface area contributed by atoms with Gasteiger partial charge in [-0.25, -0.2) is 0 Å². The Kier molecular flexibility index (Phi) is 6.24. The number of ether oxygens (including phenoxy) is 2. The summed E-state index contributed by atoms with van der Waals surface area (Å²) in [5.74, 6) is 1.41. The van der Waals surface area contributed by atoms with E-state index in [2.05, 4.69) is 0 Å². The molecule has 6 nitrogen and oxygen atoms in total. The quantitative estimate of drug-likeness (QED) is 0.795. The molecule has 2 aliphatic heterocycles. The van der Waals surface area contributed by atoms with Crippen LogP contribution in [0.2, 0.25) is 0 Å². The Morgan fingerprint density at radius 2 is 1.78 bits per heavy atom. The third-order valence-electron chi connectivity index (χ3n) is 5.80. The maximum absolute atomic E-state index is 13.3. The molecule has 2 heterocycles. The molecule has 0 aliphatic carbocycles. The van der Waals surface area contributed by atoms with Crippen molar-refractivity contribution in [3.05, 3.63) is 23.8 Å². The van der Waals surface area contributed by atoms with Gasteiger partial charge in [-0.3, -0.25) is 9.59 Å². The van der Waals surface area contributed by atoms with Crippen LogP contribution < -0.4 is 9.47 Å². The fraction of sp³-hybridized carbons (Fsp3) is 0.619. The largest absolute Gasteiger partial charge is 0.497 e. The van der Waals surface area contributed by atoms with Crippen LogP contribution in [0.4, 0.5) is 0 Å². The molecule has 0 bridgehead atoms. The topological polar surface area (TPSA) is 59.1 Å². The van der Waals surface area contributed by atoms with Gasteiger partial charge in [0.25, 0.3) is 0 Å². The summed E-state index contributed by atoms with van der Waals surface area (Å²) in [7, 11) is 3.26. The minimum atomic E-state index is -0.236. The number of piperidine rings is 1. The van der Waals surface area contributed by atoms with E-state index in [0.717, 1.165) is 43.0 Å². The molecule has 0 saturated carbocycles. The lowest BCUT2D eigenvalue weighted by molar-refractivity contribution is -0.136. The molecule has 2 atom stereocenters. The number of carbonyl (C=O) groups is 2. The number of rotatable bonds is 5. The zero-order chi connectivity index (χ0) is 19.4. The van der Waals surface area contributed by atoms with E-state index in [9.17, 15) is 9.59 Å². The average molecular weight is 374 g/mol. The highest BCUT2D eigenvalue weighted by Crippen LogP contribution is 2.40. The predicted molar refractivity (Wildman–Crippen MR) is 103 cm³/mol. The Balaban J connectivity index is 1.94. The van der Waals surface area contributed by atoms with E-state index in [1.54, 1.807) is 14.2 Å². The first kappa shape index (κ1) is 19.5. The molecule has 27 heavy (non-hydrogen) atoms. The van der Waals surface area contributed by atoms with E-state index in [1.807, 2.05) is 34.9 Å². The van der Waals surface area contributed by atoms with Crippen LogP contribution in [-0.2, 0) is 9.59 Å². The average Bonchev–Trinajstić information content (AvgIpc) is 3.18. The van der Waals surface area contributed by atoms with E-state index in [-0.39, 0.29) is 23.7 Å². The molecule has 6 heteroatoms. The summed E-state index contributed by atoms with van der Waals surface area (Å²) >= 11 is 0. The lowest BCUT2D eigenvalue weighted by Crippen LogP contribution is -2.42. The van der Waals surface area contributed by atoms with Crippen molar-refractivity contribution in [1.29, 1.82) is 0 Å². The van der Waals surface area contributed by atoms with Crippen LogP contribution in [0.1, 0.15) is 44.1 Å². The summed E-state index contributed by atoms with van der Waals surface area (Å²) in [6, 6.07) is 5.68. The van der Waals surface area contributed by atoms with Gasteiger partial charge in [0, 0.05) is 44.1 Å². The zero-order valence-electron chi connectivity index (χ0n) is 16.6. The summed E-state index contributed by atoms with van der Waals surface area (Å²) in [5, 5.41) is 0. The van der Waals surface area contributed by atoms with Gasteiger partial charge >= 0.3 is 0 Å². The lowest BCUT2D eigenvalue weighted by atomic mass is 9.86. The number of hydrogen-bond acceptors (Lipinski definition) is 4. The zero-order valence-corrected chi connectivity index (χ0v) is 16.6. The highest BCUT2D eigenvalue weighted by molar-refractivity contribution is 5.83. The van der Waals surface area contributed by atoms with Crippen molar-refractivity contribution in [2.75, 3.05) is 40.4 Å². The van der Waals surface area contributed by atoms with Crippen LogP contribution in [0.5, 0.6) is 11.5 Å². The Morgan fingerprint density at radius 1 is 1.04 bits per heavy atom. The van der Waals surface area contributed by atoms with Crippen LogP contribution >= 0.6 is 0 Å². The van der Waals surface area contributed by atoms with Gasteiger partial charge < -0.3 is 19.3 Å². The molecular formula is C21H30N2O4. The SMILES string of the molecule is CCC(=O)N1C[C@H](C(=O)N2CCCCC2)[C@@H](c2cc(OC)ccc2OC)C1. The molecule has 0 aromatic heterocycles. The maximum Gasteiger partial charge on any atom is 0.228 e. The molecule has 0 N–H and O–H groups in total. The van der Waals surface area contributed by atoms with Gasteiger partial charge in [-0.1, -0.05) is 6.92 Å². The Bertz CT molecular complexity index is 685. The second-order valence-electron chi connectivity index (χ2n) is 7.36. The first-order chi connectivity index (χ1) is 13.1. The van der Waals surface area contributed by atoms with Crippen molar-refractivity contribution in [1.82, 2.24) is 9.80 Å². The van der Waals surface area contributed by atoms with E-state index >= 15 is 0 Å². The molecule has 0 radical (unpaired) electrons. The van der Waals surface area contributed by atoms with E-state index in [4.69, 9.17) is 9.47 Å². The van der Waals surface area contributed by atoms with Gasteiger partial charge in [0.05, 0.1) is 20.1 Å². The van der Waals surface area contributed by atoms with Crippen LogP contribution in [0.25, 0.3) is 0 Å². The standard InChI is InChI=1S/C21H30N2O4/c1-4-20(24)23-13-17(16-12-15(26-2)8-9-19(16)27-3)18(14-23)21(25)22-10-6-5-7-11-22/h8-9,12,17-18H,4-7,10-11,13-14H2,1-3H3/t17-,18+/m1/s1. The smallest absolute Gasteiger partial charge is 0.228 e. The number of amides is 2. The third-order valence-corrected chi connectivity index (χ3v) is 5.80. The van der Waals surface area contributed by atoms with E-state index in [0.29, 0.717) is 19.5 Å². The van der Waals surface area contributed by atoms with Gasteiger partial charge in [0.15, 0.2) is 0 Å². The van der Waals surface area contributed by atoms with Crippen molar-refractivity contribution < 1.29 is 19.1 Å². The molecule has 2 amide bonds. The first-order valence-corrected chi connectivity index (χ1v) is 9.87. The number of benzene rings is 1. The summed E-state index contributed by atoms with van der Waals surface area (Å²) in [5.41, 5.74) is 0.943. The highest BCUT2D eigenvalue weighted by Gasteiger charge is 2.43. The van der Waals surface area contributed by atoms with E-state index < -0.39 is 0 Å². The monoisotopic (exact) mass is 374 g/mol. The molecule has 0 spiro atoms. The highest BCUT2D eigenvalue weighted by atomic mass is 16.5. The van der Waals surface area contributed by atoms with Crippen molar-refractivity contribution in [3.63, 3.8) is 0 Å². The Labute approximate surface area is 161 Å². The summed E-state index contributed by atoms with van der Waals surface area (Å²) in [6.45, 7) is 4.52. The van der Waals surface area contributed by atoms with Crippen molar-refractivity contribution in [2.24, 2.45) is 5.92 Å². The molecule has 3 rings (SSSR count). The Hall–Kier alpha value is -2.24. The van der Waals surface area contributed by atoms with Crippen LogP contribution in [0.3, 0.4) is 0 Å². The Morgan fingerprint density at radius 3 is 2.41 bits per heavy atom. The van der Waals surface area contributed by atoms with Crippen LogP contribution in [0.15, 0.2) is 18.2 Å². The van der Waals surface area contributed by atoms with Gasteiger partial charge in [-0.2, -0.15) is 0 Å². The number of nitrogens with zero attached hydrogens (tertiary/aromatic N) is 2. The molecule has 2 saturated heterocycles. The first-order valence-electron chi connectivity index (χ1n) is 9.87. The van der Waals surface area contributed by atoms with Crippen LogP contribution in [0, 0.1) is 5.92 Å². The van der Waals surface area contributed by atoms with Crippen LogP contribution in [-0.4, -0.2) is 62.0 Å². The van der Waals surface area contributed by atoms with Gasteiger partial charge in [-0.15, -0.1) is 0 Å². The molecule has 1 aromatic carbocycles. The number of hydrogen-bond donors (Lipinski definition) is 0. The van der Waals surface area contributed by atoms with Crippen molar-refractivity contribution in [2.45, 2.75) is 38.5 Å². The molecule has 2 aliphatic rings.